The summed E-state index contributed by atoms with van der Waals surface area (Å²) >= 11 is 0. The van der Waals surface area contributed by atoms with Gasteiger partial charge < -0.3 is 19.7 Å². The normalized spacial score (nSPS) is 15.6. The zero-order valence-corrected chi connectivity index (χ0v) is 14.8. The van der Waals surface area contributed by atoms with Crippen molar-refractivity contribution in [2.75, 3.05) is 18.7 Å². The minimum Gasteiger partial charge on any atom is -0.454 e. The van der Waals surface area contributed by atoms with Gasteiger partial charge in [-0.1, -0.05) is 18.2 Å². The third-order valence-corrected chi connectivity index (χ3v) is 4.56. The molecule has 1 N–H and O–H groups in total. The molecule has 2 heterocycles. The minimum atomic E-state index is -0.220. The van der Waals surface area contributed by atoms with Gasteiger partial charge in [0.2, 0.25) is 18.6 Å². The van der Waals surface area contributed by atoms with Gasteiger partial charge in [-0.15, -0.1) is 0 Å². The maximum absolute atomic E-state index is 12.2. The molecular weight excluding hydrogens is 344 g/mol. The van der Waals surface area contributed by atoms with Gasteiger partial charge in [-0.2, -0.15) is 0 Å². The van der Waals surface area contributed by atoms with Crippen LogP contribution in [0.5, 0.6) is 11.5 Å². The van der Waals surface area contributed by atoms with Crippen molar-refractivity contribution >= 4 is 23.6 Å². The van der Waals surface area contributed by atoms with Crippen molar-refractivity contribution in [2.45, 2.75) is 19.4 Å². The van der Waals surface area contributed by atoms with Crippen molar-refractivity contribution < 1.29 is 19.1 Å². The molecule has 6 heteroatoms. The van der Waals surface area contributed by atoms with Crippen LogP contribution in [0.15, 0.2) is 48.5 Å². The Labute approximate surface area is 157 Å². The van der Waals surface area contributed by atoms with E-state index in [9.17, 15) is 9.59 Å². The van der Waals surface area contributed by atoms with Gasteiger partial charge in [0.25, 0.3) is 0 Å². The molecular formula is C21H20N2O4. The van der Waals surface area contributed by atoms with E-state index < -0.39 is 0 Å². The molecule has 0 bridgehead atoms. The highest BCUT2D eigenvalue weighted by Crippen LogP contribution is 2.32. The van der Waals surface area contributed by atoms with Crippen LogP contribution in [0.1, 0.15) is 24.0 Å². The van der Waals surface area contributed by atoms with Crippen LogP contribution in [0.2, 0.25) is 0 Å². The van der Waals surface area contributed by atoms with Crippen molar-refractivity contribution in [2.24, 2.45) is 0 Å². The summed E-state index contributed by atoms with van der Waals surface area (Å²) < 4.78 is 10.6. The number of nitrogens with one attached hydrogen (secondary N) is 1. The highest BCUT2D eigenvalue weighted by atomic mass is 16.7. The standard InChI is InChI=1S/C21H20N2O4/c24-20(9-7-15-6-8-18-19(12-15)27-14-26-18)22-17-4-1-3-16(11-17)13-23-10-2-5-21(23)25/h1,3-4,6-9,11-12H,2,5,10,13-14H2,(H,22,24)/b9-7+. The molecule has 2 aliphatic heterocycles. The summed E-state index contributed by atoms with van der Waals surface area (Å²) in [7, 11) is 0. The Morgan fingerprint density at radius 2 is 2.04 bits per heavy atom. The Hall–Kier alpha value is -3.28. The summed E-state index contributed by atoms with van der Waals surface area (Å²) in [5, 5.41) is 2.86. The highest BCUT2D eigenvalue weighted by molar-refractivity contribution is 6.02. The van der Waals surface area contributed by atoms with Crippen LogP contribution in [0.3, 0.4) is 0 Å². The largest absolute Gasteiger partial charge is 0.454 e. The van der Waals surface area contributed by atoms with E-state index in [2.05, 4.69) is 5.32 Å². The van der Waals surface area contributed by atoms with Gasteiger partial charge in [-0.25, -0.2) is 0 Å². The third kappa shape index (κ3) is 4.11. The Bertz CT molecular complexity index is 907. The molecule has 2 aromatic carbocycles. The molecule has 138 valence electrons. The van der Waals surface area contributed by atoms with Gasteiger partial charge in [0.05, 0.1) is 0 Å². The second-order valence-electron chi connectivity index (χ2n) is 6.55. The molecule has 0 radical (unpaired) electrons. The molecule has 2 aliphatic rings. The number of fused-ring (bicyclic) bond motifs is 1. The first-order valence-corrected chi connectivity index (χ1v) is 8.93. The maximum atomic E-state index is 12.2. The number of amides is 2. The molecule has 0 saturated carbocycles. The number of carbonyl (C=O) groups is 2. The lowest BCUT2D eigenvalue weighted by Crippen LogP contribution is -2.23. The molecule has 1 fully saturated rings. The lowest BCUT2D eigenvalue weighted by atomic mass is 10.1. The summed E-state index contributed by atoms with van der Waals surface area (Å²) in [5.74, 6) is 1.37. The van der Waals surface area contributed by atoms with Gasteiger partial charge in [0.15, 0.2) is 11.5 Å². The van der Waals surface area contributed by atoms with E-state index in [1.54, 1.807) is 6.08 Å². The molecule has 2 amide bonds. The lowest BCUT2D eigenvalue weighted by Gasteiger charge is -2.16. The molecule has 2 aromatic rings. The SMILES string of the molecule is O=C(/C=C/c1ccc2c(c1)OCO2)Nc1cccc(CN2CCCC2=O)c1. The zero-order chi connectivity index (χ0) is 18.6. The molecule has 4 rings (SSSR count). The van der Waals surface area contributed by atoms with E-state index >= 15 is 0 Å². The van der Waals surface area contributed by atoms with Crippen LogP contribution < -0.4 is 14.8 Å². The topological polar surface area (TPSA) is 67.9 Å². The number of ether oxygens (including phenoxy) is 2. The molecule has 0 aromatic heterocycles. The molecule has 0 atom stereocenters. The Balaban J connectivity index is 1.37. The summed E-state index contributed by atoms with van der Waals surface area (Å²) in [6, 6.07) is 13.1. The summed E-state index contributed by atoms with van der Waals surface area (Å²) in [6.45, 7) is 1.60. The first-order valence-electron chi connectivity index (χ1n) is 8.93. The lowest BCUT2D eigenvalue weighted by molar-refractivity contribution is -0.128. The summed E-state index contributed by atoms with van der Waals surface area (Å²) in [4.78, 5) is 25.8. The van der Waals surface area contributed by atoms with Crippen molar-refractivity contribution in [3.05, 3.63) is 59.7 Å². The second-order valence-corrected chi connectivity index (χ2v) is 6.55. The van der Waals surface area contributed by atoms with Gasteiger partial charge >= 0.3 is 0 Å². The number of benzene rings is 2. The quantitative estimate of drug-likeness (QED) is 0.828. The number of nitrogens with zero attached hydrogens (tertiary/aromatic N) is 1. The number of rotatable bonds is 5. The predicted octanol–water partition coefficient (Wildman–Crippen LogP) is 3.19. The summed E-state index contributed by atoms with van der Waals surface area (Å²) in [6.07, 6.45) is 4.75. The van der Waals surface area contributed by atoms with Crippen molar-refractivity contribution in [3.63, 3.8) is 0 Å². The van der Waals surface area contributed by atoms with Gasteiger partial charge in [-0.05, 0) is 47.9 Å². The van der Waals surface area contributed by atoms with Crippen molar-refractivity contribution in [3.8, 4) is 11.5 Å². The monoisotopic (exact) mass is 364 g/mol. The minimum absolute atomic E-state index is 0.191. The van der Waals surface area contributed by atoms with E-state index in [1.165, 1.54) is 6.08 Å². The smallest absolute Gasteiger partial charge is 0.248 e. The first kappa shape index (κ1) is 17.1. The van der Waals surface area contributed by atoms with Crippen LogP contribution in [-0.4, -0.2) is 30.1 Å². The maximum Gasteiger partial charge on any atom is 0.248 e. The summed E-state index contributed by atoms with van der Waals surface area (Å²) in [5.41, 5.74) is 2.57. The Morgan fingerprint density at radius 3 is 2.89 bits per heavy atom. The Morgan fingerprint density at radius 1 is 1.15 bits per heavy atom. The Kier molecular flexibility index (Phi) is 4.78. The number of hydrogen-bond acceptors (Lipinski definition) is 4. The number of anilines is 1. The van der Waals surface area contributed by atoms with Crippen LogP contribution in [0.4, 0.5) is 5.69 Å². The fourth-order valence-electron chi connectivity index (χ4n) is 3.21. The highest BCUT2D eigenvalue weighted by Gasteiger charge is 2.20. The molecule has 0 spiro atoms. The third-order valence-electron chi connectivity index (χ3n) is 4.56. The molecule has 27 heavy (non-hydrogen) atoms. The second kappa shape index (κ2) is 7.53. The average Bonchev–Trinajstić information content (AvgIpc) is 3.29. The first-order chi connectivity index (χ1) is 13.2. The molecule has 1 saturated heterocycles. The van der Waals surface area contributed by atoms with Crippen LogP contribution in [0.25, 0.3) is 6.08 Å². The van der Waals surface area contributed by atoms with E-state index in [1.807, 2.05) is 47.4 Å². The molecule has 0 aliphatic carbocycles. The van der Waals surface area contributed by atoms with Crippen LogP contribution >= 0.6 is 0 Å². The van der Waals surface area contributed by atoms with E-state index in [4.69, 9.17) is 9.47 Å². The number of carbonyl (C=O) groups excluding carboxylic acids is 2. The number of likely N-dealkylation sites (tertiary alicyclic amines) is 1. The average molecular weight is 364 g/mol. The molecule has 0 unspecified atom stereocenters. The van der Waals surface area contributed by atoms with Crippen LogP contribution in [-0.2, 0) is 16.1 Å². The van der Waals surface area contributed by atoms with E-state index in [-0.39, 0.29) is 18.6 Å². The van der Waals surface area contributed by atoms with Gasteiger partial charge in [0, 0.05) is 31.3 Å². The van der Waals surface area contributed by atoms with Crippen molar-refractivity contribution in [1.82, 2.24) is 4.90 Å². The van der Waals surface area contributed by atoms with Crippen molar-refractivity contribution in [1.29, 1.82) is 0 Å². The van der Waals surface area contributed by atoms with Crippen LogP contribution in [0, 0.1) is 0 Å². The fraction of sp³-hybridized carbons (Fsp3) is 0.238. The fourth-order valence-corrected chi connectivity index (χ4v) is 3.21. The van der Waals surface area contributed by atoms with E-state index in [0.717, 1.165) is 24.1 Å². The van der Waals surface area contributed by atoms with E-state index in [0.29, 0.717) is 30.2 Å². The zero-order valence-electron chi connectivity index (χ0n) is 14.8. The van der Waals surface area contributed by atoms with Gasteiger partial charge in [0.1, 0.15) is 0 Å². The van der Waals surface area contributed by atoms with Gasteiger partial charge in [-0.3, -0.25) is 9.59 Å². The predicted molar refractivity (Wildman–Crippen MR) is 101 cm³/mol. The number of hydrogen-bond donors (Lipinski definition) is 1. The molecule has 6 nitrogen and oxygen atoms in total.